The van der Waals surface area contributed by atoms with Gasteiger partial charge in [-0.25, -0.2) is 0 Å². The largest absolute Gasteiger partial charge is 0.508 e. The third kappa shape index (κ3) is 2.33. The van der Waals surface area contributed by atoms with Crippen molar-refractivity contribution < 1.29 is 5.11 Å². The number of benzene rings is 1. The minimum Gasteiger partial charge on any atom is -0.508 e. The van der Waals surface area contributed by atoms with Gasteiger partial charge in [0.25, 0.3) is 0 Å². The summed E-state index contributed by atoms with van der Waals surface area (Å²) in [4.78, 5) is 0. The van der Waals surface area contributed by atoms with Crippen LogP contribution in [0.15, 0.2) is 18.2 Å². The molecule has 0 saturated carbocycles. The molecule has 0 heterocycles. The Morgan fingerprint density at radius 2 is 1.75 bits per heavy atom. The van der Waals surface area contributed by atoms with Crippen molar-refractivity contribution >= 4 is 46.4 Å². The monoisotopic (exact) mass is 244 g/mol. The Morgan fingerprint density at radius 1 is 1.17 bits per heavy atom. The summed E-state index contributed by atoms with van der Waals surface area (Å²) in [5, 5.41) is 9.22. The summed E-state index contributed by atoms with van der Waals surface area (Å²) in [5.74, 6) is 0.0398. The molecule has 0 amide bonds. The molecule has 0 aromatic heterocycles. The second-order valence-electron chi connectivity index (χ2n) is 2.16. The average molecular weight is 246 g/mol. The Balaban J connectivity index is 3.19. The lowest BCUT2D eigenvalue weighted by Crippen LogP contribution is -2.00. The van der Waals surface area contributed by atoms with E-state index in [4.69, 9.17) is 51.5 Å². The predicted octanol–water partition coefficient (Wildman–Crippen LogP) is 3.87. The van der Waals surface area contributed by atoms with Gasteiger partial charge in [-0.05, 0) is 18.2 Å². The van der Waals surface area contributed by atoms with Crippen LogP contribution in [0.25, 0.3) is 0 Å². The Hall–Kier alpha value is 0.180. The molecule has 0 aliphatic carbocycles. The van der Waals surface area contributed by atoms with Crippen molar-refractivity contribution in [3.63, 3.8) is 0 Å². The van der Waals surface area contributed by atoms with Crippen LogP contribution in [0.2, 0.25) is 5.02 Å². The van der Waals surface area contributed by atoms with Crippen LogP contribution in [0.1, 0.15) is 5.56 Å². The zero-order valence-electron chi connectivity index (χ0n) is 5.69. The van der Waals surface area contributed by atoms with Crippen molar-refractivity contribution in [1.82, 2.24) is 0 Å². The van der Waals surface area contributed by atoms with E-state index in [2.05, 4.69) is 0 Å². The van der Waals surface area contributed by atoms with Crippen LogP contribution in [0.5, 0.6) is 5.75 Å². The number of halogens is 4. The van der Waals surface area contributed by atoms with Crippen molar-refractivity contribution in [3.8, 4) is 5.75 Å². The zero-order chi connectivity index (χ0) is 9.35. The maximum atomic E-state index is 8.99. The first-order valence-electron chi connectivity index (χ1n) is 2.97. The summed E-state index contributed by atoms with van der Waals surface area (Å²) in [6.07, 6.45) is 0. The van der Waals surface area contributed by atoms with Gasteiger partial charge in [-0.3, -0.25) is 0 Å². The molecular weight excluding hydrogens is 242 g/mol. The molecule has 66 valence electrons. The maximum Gasteiger partial charge on any atom is 0.217 e. The summed E-state index contributed by atoms with van der Waals surface area (Å²) in [6.45, 7) is 0. The zero-order valence-corrected chi connectivity index (χ0v) is 8.71. The summed E-state index contributed by atoms with van der Waals surface area (Å²) < 4.78 is -1.55. The van der Waals surface area contributed by atoms with Gasteiger partial charge in [0.05, 0.1) is 5.02 Å². The van der Waals surface area contributed by atoms with E-state index in [9.17, 15) is 0 Å². The van der Waals surface area contributed by atoms with Crippen LogP contribution < -0.4 is 0 Å². The van der Waals surface area contributed by atoms with Gasteiger partial charge in [0.1, 0.15) is 5.75 Å². The van der Waals surface area contributed by atoms with Gasteiger partial charge in [0, 0.05) is 5.56 Å². The van der Waals surface area contributed by atoms with Gasteiger partial charge in [-0.1, -0.05) is 46.4 Å². The molecule has 0 atom stereocenters. The Labute approximate surface area is 89.8 Å². The lowest BCUT2D eigenvalue weighted by Gasteiger charge is -2.12. The van der Waals surface area contributed by atoms with Gasteiger partial charge >= 0.3 is 0 Å². The molecule has 1 aromatic carbocycles. The smallest absolute Gasteiger partial charge is 0.217 e. The first kappa shape index (κ1) is 10.3. The number of rotatable bonds is 0. The van der Waals surface area contributed by atoms with Crippen LogP contribution >= 0.6 is 46.4 Å². The van der Waals surface area contributed by atoms with Crippen LogP contribution in [0, 0.1) is 0 Å². The number of hydrogen-bond donors (Lipinski definition) is 1. The molecule has 1 aromatic rings. The molecule has 1 nitrogen and oxygen atoms in total. The lowest BCUT2D eigenvalue weighted by molar-refractivity contribution is 0.475. The summed E-state index contributed by atoms with van der Waals surface area (Å²) in [6, 6.07) is 4.19. The van der Waals surface area contributed by atoms with Crippen LogP contribution in [0.4, 0.5) is 0 Å². The molecule has 0 radical (unpaired) electrons. The number of hydrogen-bond acceptors (Lipinski definition) is 1. The number of alkyl halides is 3. The van der Waals surface area contributed by atoms with Crippen molar-refractivity contribution in [2.24, 2.45) is 0 Å². The second-order valence-corrected chi connectivity index (χ2v) is 4.85. The summed E-state index contributed by atoms with van der Waals surface area (Å²) in [5.41, 5.74) is 0.354. The molecular formula is C7H4Cl4O. The van der Waals surface area contributed by atoms with E-state index in [0.717, 1.165) is 0 Å². The van der Waals surface area contributed by atoms with Crippen molar-refractivity contribution in [2.75, 3.05) is 0 Å². The SMILES string of the molecule is Oc1ccc(C(Cl)(Cl)Cl)c(Cl)c1. The fourth-order valence-electron chi connectivity index (χ4n) is 0.734. The van der Waals surface area contributed by atoms with Gasteiger partial charge < -0.3 is 5.11 Å². The molecule has 1 rings (SSSR count). The Kier molecular flexibility index (Phi) is 3.00. The second kappa shape index (κ2) is 3.51. The molecule has 0 bridgehead atoms. The third-order valence-electron chi connectivity index (χ3n) is 1.26. The van der Waals surface area contributed by atoms with E-state index in [1.165, 1.54) is 18.2 Å². The molecule has 0 aliphatic heterocycles. The summed E-state index contributed by atoms with van der Waals surface area (Å²) in [7, 11) is 0. The molecule has 1 N–H and O–H groups in total. The topological polar surface area (TPSA) is 20.2 Å². The van der Waals surface area contributed by atoms with E-state index in [0.29, 0.717) is 5.56 Å². The van der Waals surface area contributed by atoms with Crippen molar-refractivity contribution in [1.29, 1.82) is 0 Å². The van der Waals surface area contributed by atoms with Gasteiger partial charge in [0.15, 0.2) is 0 Å². The van der Waals surface area contributed by atoms with E-state index in [1.807, 2.05) is 0 Å². The highest BCUT2D eigenvalue weighted by atomic mass is 35.6. The minimum atomic E-state index is -1.55. The first-order valence-corrected chi connectivity index (χ1v) is 4.48. The van der Waals surface area contributed by atoms with E-state index in [1.54, 1.807) is 0 Å². The van der Waals surface area contributed by atoms with E-state index < -0.39 is 3.79 Å². The predicted molar refractivity (Wildman–Crippen MR) is 52.4 cm³/mol. The standard InChI is InChI=1S/C7H4Cl4O/c8-6-3-4(12)1-2-5(6)7(9,10)11/h1-3,12H. The normalized spacial score (nSPS) is 11.7. The van der Waals surface area contributed by atoms with Crippen LogP contribution in [-0.4, -0.2) is 5.11 Å². The van der Waals surface area contributed by atoms with Gasteiger partial charge in [-0.2, -0.15) is 0 Å². The molecule has 12 heavy (non-hydrogen) atoms. The Morgan fingerprint density at radius 3 is 2.17 bits per heavy atom. The number of aromatic hydroxyl groups is 1. The van der Waals surface area contributed by atoms with Gasteiger partial charge in [0.2, 0.25) is 3.79 Å². The van der Waals surface area contributed by atoms with Crippen molar-refractivity contribution in [3.05, 3.63) is 28.8 Å². The number of phenolic OH excluding ortho intramolecular Hbond substituents is 1. The molecule has 0 spiro atoms. The number of phenols is 1. The highest BCUT2D eigenvalue weighted by molar-refractivity contribution is 6.67. The van der Waals surface area contributed by atoms with E-state index in [-0.39, 0.29) is 10.8 Å². The fourth-order valence-corrected chi connectivity index (χ4v) is 1.69. The highest BCUT2D eigenvalue weighted by Gasteiger charge is 2.25. The molecule has 0 saturated heterocycles. The Bertz CT molecular complexity index is 292. The van der Waals surface area contributed by atoms with E-state index >= 15 is 0 Å². The molecule has 0 aliphatic rings. The average Bonchev–Trinajstić information content (AvgIpc) is 1.83. The third-order valence-corrected chi connectivity index (χ3v) is 2.18. The molecule has 5 heteroatoms. The van der Waals surface area contributed by atoms with Gasteiger partial charge in [-0.15, -0.1) is 0 Å². The van der Waals surface area contributed by atoms with Crippen LogP contribution in [-0.2, 0) is 3.79 Å². The lowest BCUT2D eigenvalue weighted by atomic mass is 10.2. The molecule has 0 fully saturated rings. The maximum absolute atomic E-state index is 8.99. The summed E-state index contributed by atoms with van der Waals surface area (Å²) >= 11 is 22.4. The quantitative estimate of drug-likeness (QED) is 0.688. The first-order chi connectivity index (χ1) is 5.41. The minimum absolute atomic E-state index is 0.0398. The van der Waals surface area contributed by atoms with Crippen molar-refractivity contribution in [2.45, 2.75) is 3.79 Å². The molecule has 0 unspecified atom stereocenters. The fraction of sp³-hybridized carbons (Fsp3) is 0.143. The highest BCUT2D eigenvalue weighted by Crippen LogP contribution is 2.42. The van der Waals surface area contributed by atoms with Crippen LogP contribution in [0.3, 0.4) is 0 Å².